The van der Waals surface area contributed by atoms with Crippen LogP contribution in [0.2, 0.25) is 0 Å². The maximum atomic E-state index is 12.5. The summed E-state index contributed by atoms with van der Waals surface area (Å²) < 4.78 is 2.17. The van der Waals surface area contributed by atoms with Crippen LogP contribution in [0.3, 0.4) is 0 Å². The average molecular weight is 389 g/mol. The molecule has 3 heterocycles. The molecule has 3 amide bonds. The van der Waals surface area contributed by atoms with Gasteiger partial charge in [-0.05, 0) is 29.3 Å². The Bertz CT molecular complexity index is 1180. The van der Waals surface area contributed by atoms with Crippen LogP contribution in [0.15, 0.2) is 48.5 Å². The lowest BCUT2D eigenvalue weighted by Crippen LogP contribution is -2.40. The fraction of sp³-hybridized carbons (Fsp3) is 0.227. The molecule has 0 radical (unpaired) electrons. The zero-order chi connectivity index (χ0) is 20.3. The number of aromatic nitrogens is 1. The van der Waals surface area contributed by atoms with Gasteiger partial charge in [-0.3, -0.25) is 9.69 Å². The van der Waals surface area contributed by atoms with E-state index in [4.69, 9.17) is 5.11 Å². The number of imide groups is 1. The standard InChI is InChI=1S/C22H19N3O4/c1-23-20(26)18-10-16-15-4-2-3-5-17(15)24(19(16)12-25(18)22(23)29)11-13-6-8-14(9-7-13)21(27)28/h2-9,18H,10-12H2,1H3,(H,27,28). The molecule has 0 bridgehead atoms. The molecule has 1 fully saturated rings. The van der Waals surface area contributed by atoms with Crippen LogP contribution in [0.5, 0.6) is 0 Å². The van der Waals surface area contributed by atoms with Crippen molar-refractivity contribution in [3.8, 4) is 0 Å². The first-order chi connectivity index (χ1) is 14.0. The van der Waals surface area contributed by atoms with Crippen LogP contribution in [0.25, 0.3) is 10.9 Å². The number of hydrogen-bond acceptors (Lipinski definition) is 3. The summed E-state index contributed by atoms with van der Waals surface area (Å²) in [7, 11) is 1.53. The molecule has 1 saturated heterocycles. The minimum Gasteiger partial charge on any atom is -0.478 e. The lowest BCUT2D eigenvalue weighted by atomic mass is 9.97. The van der Waals surface area contributed by atoms with Crippen LogP contribution < -0.4 is 0 Å². The molecular weight excluding hydrogens is 370 g/mol. The fourth-order valence-corrected chi connectivity index (χ4v) is 4.46. The van der Waals surface area contributed by atoms with Crippen molar-refractivity contribution in [3.63, 3.8) is 0 Å². The summed E-state index contributed by atoms with van der Waals surface area (Å²) in [5.74, 6) is -1.10. The topological polar surface area (TPSA) is 82.8 Å². The molecule has 5 rings (SSSR count). The second-order valence-electron chi connectivity index (χ2n) is 7.56. The minimum absolute atomic E-state index is 0.151. The van der Waals surface area contributed by atoms with Crippen LogP contribution in [-0.4, -0.2) is 50.5 Å². The second kappa shape index (κ2) is 6.20. The third kappa shape index (κ3) is 2.54. The molecule has 1 aromatic heterocycles. The van der Waals surface area contributed by atoms with E-state index >= 15 is 0 Å². The smallest absolute Gasteiger partial charge is 0.335 e. The summed E-state index contributed by atoms with van der Waals surface area (Å²) in [5, 5.41) is 10.2. The van der Waals surface area contributed by atoms with E-state index in [0.717, 1.165) is 27.7 Å². The lowest BCUT2D eigenvalue weighted by molar-refractivity contribution is -0.127. The number of fused-ring (bicyclic) bond motifs is 4. The molecule has 2 aliphatic rings. The number of carbonyl (C=O) groups is 3. The maximum Gasteiger partial charge on any atom is 0.335 e. The van der Waals surface area contributed by atoms with Gasteiger partial charge in [0.2, 0.25) is 0 Å². The highest BCUT2D eigenvalue weighted by Crippen LogP contribution is 2.36. The Hall–Kier alpha value is -3.61. The van der Waals surface area contributed by atoms with Gasteiger partial charge in [-0.25, -0.2) is 9.59 Å². The van der Waals surface area contributed by atoms with Crippen molar-refractivity contribution in [3.05, 3.63) is 70.9 Å². The van der Waals surface area contributed by atoms with Gasteiger partial charge in [0.1, 0.15) is 6.04 Å². The summed E-state index contributed by atoms with van der Waals surface area (Å²) in [6.45, 7) is 0.947. The maximum absolute atomic E-state index is 12.5. The predicted octanol–water partition coefficient (Wildman–Crippen LogP) is 2.71. The summed E-state index contributed by atoms with van der Waals surface area (Å²) >= 11 is 0. The zero-order valence-corrected chi connectivity index (χ0v) is 15.8. The first-order valence-corrected chi connectivity index (χ1v) is 9.45. The highest BCUT2D eigenvalue weighted by Gasteiger charge is 2.46. The molecule has 1 N–H and O–H groups in total. The predicted molar refractivity (Wildman–Crippen MR) is 106 cm³/mol. The van der Waals surface area contributed by atoms with E-state index in [9.17, 15) is 14.4 Å². The van der Waals surface area contributed by atoms with Crippen LogP contribution in [-0.2, 0) is 24.3 Å². The van der Waals surface area contributed by atoms with Crippen molar-refractivity contribution in [2.24, 2.45) is 0 Å². The van der Waals surface area contributed by atoms with E-state index in [0.29, 0.717) is 19.5 Å². The van der Waals surface area contributed by atoms with Gasteiger partial charge >= 0.3 is 12.0 Å². The minimum atomic E-state index is -0.951. The Morgan fingerprint density at radius 3 is 2.55 bits per heavy atom. The molecule has 7 heteroatoms. The van der Waals surface area contributed by atoms with E-state index in [1.54, 1.807) is 17.0 Å². The number of aromatic carboxylic acids is 1. The molecule has 2 aromatic carbocycles. The molecular formula is C22H19N3O4. The van der Waals surface area contributed by atoms with Gasteiger partial charge in [-0.15, -0.1) is 0 Å². The number of carboxylic acids is 1. The van der Waals surface area contributed by atoms with Crippen LogP contribution in [0.1, 0.15) is 27.2 Å². The molecule has 0 saturated carbocycles. The Morgan fingerprint density at radius 2 is 1.83 bits per heavy atom. The van der Waals surface area contributed by atoms with Gasteiger partial charge in [0.05, 0.1) is 12.1 Å². The first kappa shape index (κ1) is 17.5. The van der Waals surface area contributed by atoms with Gasteiger partial charge in [-0.2, -0.15) is 0 Å². The summed E-state index contributed by atoms with van der Waals surface area (Å²) in [4.78, 5) is 39.0. The number of amides is 3. The monoisotopic (exact) mass is 389 g/mol. The van der Waals surface area contributed by atoms with Gasteiger partial charge in [0, 0.05) is 36.6 Å². The highest BCUT2D eigenvalue weighted by molar-refractivity contribution is 6.05. The third-order valence-corrected chi connectivity index (χ3v) is 5.98. The van der Waals surface area contributed by atoms with Crippen molar-refractivity contribution < 1.29 is 19.5 Å². The van der Waals surface area contributed by atoms with E-state index in [1.165, 1.54) is 11.9 Å². The number of carboxylic acid groups (broad SMARTS) is 1. The molecule has 29 heavy (non-hydrogen) atoms. The Labute approximate surface area is 166 Å². The van der Waals surface area contributed by atoms with Crippen molar-refractivity contribution in [2.75, 3.05) is 7.05 Å². The SMILES string of the molecule is CN1C(=O)C2Cc3c(n(Cc4ccc(C(=O)O)cc4)c4ccccc34)CN2C1=O. The van der Waals surface area contributed by atoms with Crippen molar-refractivity contribution in [1.29, 1.82) is 0 Å². The molecule has 0 spiro atoms. The number of para-hydroxylation sites is 1. The number of nitrogens with zero attached hydrogens (tertiary/aromatic N) is 3. The number of likely N-dealkylation sites (N-methyl/N-ethyl adjacent to an activating group) is 1. The van der Waals surface area contributed by atoms with E-state index in [2.05, 4.69) is 10.6 Å². The van der Waals surface area contributed by atoms with Gasteiger partial charge in [0.15, 0.2) is 0 Å². The largest absolute Gasteiger partial charge is 0.478 e. The Kier molecular flexibility index (Phi) is 3.74. The Morgan fingerprint density at radius 1 is 1.10 bits per heavy atom. The number of benzene rings is 2. The summed E-state index contributed by atoms with van der Waals surface area (Å²) in [6.07, 6.45) is 0.510. The highest BCUT2D eigenvalue weighted by atomic mass is 16.4. The van der Waals surface area contributed by atoms with Crippen LogP contribution >= 0.6 is 0 Å². The molecule has 0 aliphatic carbocycles. The lowest BCUT2D eigenvalue weighted by Gasteiger charge is -2.28. The fourth-order valence-electron chi connectivity index (χ4n) is 4.46. The normalized spacial score (nSPS) is 18.3. The summed E-state index contributed by atoms with van der Waals surface area (Å²) in [6, 6.07) is 14.2. The number of carbonyl (C=O) groups excluding carboxylic acids is 2. The second-order valence-corrected chi connectivity index (χ2v) is 7.56. The van der Waals surface area contributed by atoms with E-state index in [1.807, 2.05) is 30.3 Å². The van der Waals surface area contributed by atoms with E-state index < -0.39 is 12.0 Å². The van der Waals surface area contributed by atoms with Crippen LogP contribution in [0, 0.1) is 0 Å². The number of hydrogen-bond donors (Lipinski definition) is 1. The molecule has 7 nitrogen and oxygen atoms in total. The first-order valence-electron chi connectivity index (χ1n) is 9.45. The Balaban J connectivity index is 1.60. The molecule has 2 aliphatic heterocycles. The third-order valence-electron chi connectivity index (χ3n) is 5.98. The van der Waals surface area contributed by atoms with Crippen molar-refractivity contribution >= 4 is 28.8 Å². The molecule has 1 unspecified atom stereocenters. The molecule has 146 valence electrons. The average Bonchev–Trinajstić information content (AvgIpc) is 3.15. The number of urea groups is 1. The summed E-state index contributed by atoms with van der Waals surface area (Å²) in [5.41, 5.74) is 4.41. The van der Waals surface area contributed by atoms with Crippen molar-refractivity contribution in [2.45, 2.75) is 25.6 Å². The van der Waals surface area contributed by atoms with Gasteiger partial charge < -0.3 is 14.6 Å². The van der Waals surface area contributed by atoms with E-state index in [-0.39, 0.29) is 17.5 Å². The molecule has 1 atom stereocenters. The number of rotatable bonds is 3. The quantitative estimate of drug-likeness (QED) is 0.698. The van der Waals surface area contributed by atoms with Gasteiger partial charge in [0.25, 0.3) is 5.91 Å². The molecule has 3 aromatic rings. The van der Waals surface area contributed by atoms with Crippen molar-refractivity contribution in [1.82, 2.24) is 14.4 Å². The zero-order valence-electron chi connectivity index (χ0n) is 15.8. The van der Waals surface area contributed by atoms with Crippen LogP contribution in [0.4, 0.5) is 4.79 Å². The van der Waals surface area contributed by atoms with Gasteiger partial charge in [-0.1, -0.05) is 30.3 Å².